The largest absolute Gasteiger partial charge is 0.277 e. The second-order valence-electron chi connectivity index (χ2n) is 2.87. The van der Waals surface area contributed by atoms with Crippen molar-refractivity contribution >= 4 is 32.4 Å². The zero-order valence-electron chi connectivity index (χ0n) is 7.11. The van der Waals surface area contributed by atoms with Crippen molar-refractivity contribution in [2.45, 2.75) is 0 Å². The van der Waals surface area contributed by atoms with E-state index in [1.165, 1.54) is 6.07 Å². The van der Waals surface area contributed by atoms with Crippen molar-refractivity contribution < 1.29 is 4.92 Å². The number of non-ortho nitro benzene ring substituents is 1. The zero-order chi connectivity index (χ0) is 10.1. The molecule has 14 heavy (non-hydrogen) atoms. The summed E-state index contributed by atoms with van der Waals surface area (Å²) in [5, 5.41) is 12.2. The Balaban J connectivity index is 2.88. The minimum absolute atomic E-state index is 0.142. The molecular formula is C10H6BrNO2. The van der Waals surface area contributed by atoms with Gasteiger partial charge in [0.2, 0.25) is 0 Å². The van der Waals surface area contributed by atoms with E-state index in [1.807, 2.05) is 12.1 Å². The number of halogens is 1. The fourth-order valence-electron chi connectivity index (χ4n) is 1.41. The van der Waals surface area contributed by atoms with Crippen LogP contribution in [0.4, 0.5) is 5.69 Å². The number of hydrogen-bond acceptors (Lipinski definition) is 2. The van der Waals surface area contributed by atoms with Gasteiger partial charge in [0, 0.05) is 15.9 Å². The lowest BCUT2D eigenvalue weighted by atomic mass is 10.1. The normalized spacial score (nSPS) is 10.4. The number of fused-ring (bicyclic) bond motifs is 1. The minimum atomic E-state index is -0.366. The average molecular weight is 252 g/mol. The van der Waals surface area contributed by atoms with Gasteiger partial charge < -0.3 is 0 Å². The molecular weight excluding hydrogens is 246 g/mol. The molecule has 0 saturated heterocycles. The van der Waals surface area contributed by atoms with Gasteiger partial charge in [0.05, 0.1) is 10.3 Å². The van der Waals surface area contributed by atoms with Crippen LogP contribution in [0.2, 0.25) is 0 Å². The van der Waals surface area contributed by atoms with Crippen molar-refractivity contribution in [2.24, 2.45) is 0 Å². The summed E-state index contributed by atoms with van der Waals surface area (Å²) < 4.78 is 0.874. The standard InChI is InChI=1S/C10H6BrNO2/c11-9-5-6-10(12(13)14)8-4-2-1-3-7(8)9/h1-6H. The molecule has 0 N–H and O–H groups in total. The van der Waals surface area contributed by atoms with E-state index in [0.717, 1.165) is 9.86 Å². The molecule has 0 fully saturated rings. The first kappa shape index (κ1) is 9.15. The highest BCUT2D eigenvalue weighted by molar-refractivity contribution is 9.10. The van der Waals surface area contributed by atoms with E-state index in [1.54, 1.807) is 18.2 Å². The molecule has 3 nitrogen and oxygen atoms in total. The monoisotopic (exact) mass is 251 g/mol. The lowest BCUT2D eigenvalue weighted by Crippen LogP contribution is -1.89. The highest BCUT2D eigenvalue weighted by atomic mass is 79.9. The van der Waals surface area contributed by atoms with Crippen LogP contribution in [-0.2, 0) is 0 Å². The predicted octanol–water partition coefficient (Wildman–Crippen LogP) is 3.51. The zero-order valence-corrected chi connectivity index (χ0v) is 8.69. The molecule has 2 aromatic carbocycles. The Morgan fingerprint density at radius 2 is 1.71 bits per heavy atom. The maximum Gasteiger partial charge on any atom is 0.277 e. The summed E-state index contributed by atoms with van der Waals surface area (Å²) in [5.74, 6) is 0. The summed E-state index contributed by atoms with van der Waals surface area (Å²) in [4.78, 5) is 10.4. The van der Waals surface area contributed by atoms with Crippen LogP contribution in [0.25, 0.3) is 10.8 Å². The summed E-state index contributed by atoms with van der Waals surface area (Å²) >= 11 is 3.36. The quantitative estimate of drug-likeness (QED) is 0.575. The van der Waals surface area contributed by atoms with E-state index in [2.05, 4.69) is 15.9 Å². The SMILES string of the molecule is O=[N+]([O-])c1ccc(Br)c2ccccc12. The van der Waals surface area contributed by atoms with Crippen molar-refractivity contribution in [2.75, 3.05) is 0 Å². The molecule has 0 radical (unpaired) electrons. The van der Waals surface area contributed by atoms with Crippen LogP contribution in [-0.4, -0.2) is 4.92 Å². The molecule has 0 atom stereocenters. The molecule has 0 spiro atoms. The first-order valence-corrected chi connectivity index (χ1v) is 4.81. The van der Waals surface area contributed by atoms with Crippen molar-refractivity contribution in [3.63, 3.8) is 0 Å². The third kappa shape index (κ3) is 1.37. The maximum absolute atomic E-state index is 10.7. The molecule has 0 aliphatic heterocycles. The van der Waals surface area contributed by atoms with Crippen LogP contribution in [0.15, 0.2) is 40.9 Å². The second-order valence-corrected chi connectivity index (χ2v) is 3.72. The molecule has 0 bridgehead atoms. The van der Waals surface area contributed by atoms with E-state index < -0.39 is 0 Å². The Labute approximate surface area is 88.6 Å². The predicted molar refractivity (Wildman–Crippen MR) is 58.3 cm³/mol. The molecule has 0 saturated carbocycles. The van der Waals surface area contributed by atoms with Crippen LogP contribution in [0.3, 0.4) is 0 Å². The molecule has 0 aliphatic carbocycles. The Morgan fingerprint density at radius 3 is 2.36 bits per heavy atom. The van der Waals surface area contributed by atoms with Crippen LogP contribution >= 0.6 is 15.9 Å². The molecule has 2 rings (SSSR count). The Morgan fingerprint density at radius 1 is 1.07 bits per heavy atom. The Bertz CT molecular complexity index is 510. The van der Waals surface area contributed by atoms with Crippen molar-refractivity contribution in [1.82, 2.24) is 0 Å². The van der Waals surface area contributed by atoms with Crippen molar-refractivity contribution in [3.8, 4) is 0 Å². The fraction of sp³-hybridized carbons (Fsp3) is 0. The number of hydrogen-bond donors (Lipinski definition) is 0. The van der Waals surface area contributed by atoms with Crippen molar-refractivity contribution in [1.29, 1.82) is 0 Å². The van der Waals surface area contributed by atoms with Gasteiger partial charge in [-0.15, -0.1) is 0 Å². The van der Waals surface area contributed by atoms with E-state index >= 15 is 0 Å². The summed E-state index contributed by atoms with van der Waals surface area (Å²) in [6.07, 6.45) is 0. The Hall–Kier alpha value is -1.42. The van der Waals surface area contributed by atoms with Crippen LogP contribution in [0.5, 0.6) is 0 Å². The second kappa shape index (κ2) is 3.38. The molecule has 70 valence electrons. The molecule has 0 amide bonds. The molecule has 0 unspecified atom stereocenters. The first-order valence-electron chi connectivity index (χ1n) is 4.02. The van der Waals surface area contributed by atoms with Gasteiger partial charge in [-0.3, -0.25) is 10.1 Å². The maximum atomic E-state index is 10.7. The van der Waals surface area contributed by atoms with E-state index in [-0.39, 0.29) is 10.6 Å². The molecule has 4 heteroatoms. The van der Waals surface area contributed by atoms with Gasteiger partial charge in [0.15, 0.2) is 0 Å². The number of nitro groups is 1. The molecule has 0 aromatic heterocycles. The van der Waals surface area contributed by atoms with Crippen LogP contribution in [0.1, 0.15) is 0 Å². The van der Waals surface area contributed by atoms with Crippen molar-refractivity contribution in [3.05, 3.63) is 51.0 Å². The van der Waals surface area contributed by atoms with E-state index in [9.17, 15) is 10.1 Å². The summed E-state index contributed by atoms with van der Waals surface area (Å²) in [5.41, 5.74) is 0.142. The van der Waals surface area contributed by atoms with Gasteiger partial charge >= 0.3 is 0 Å². The average Bonchev–Trinajstić information content (AvgIpc) is 2.18. The highest BCUT2D eigenvalue weighted by Gasteiger charge is 2.11. The van der Waals surface area contributed by atoms with Gasteiger partial charge in [-0.1, -0.05) is 34.1 Å². The lowest BCUT2D eigenvalue weighted by Gasteiger charge is -2.00. The fourth-order valence-corrected chi connectivity index (χ4v) is 1.88. The first-order chi connectivity index (χ1) is 6.70. The Kier molecular flexibility index (Phi) is 2.21. The number of benzene rings is 2. The third-order valence-electron chi connectivity index (χ3n) is 2.04. The minimum Gasteiger partial charge on any atom is -0.258 e. The third-order valence-corrected chi connectivity index (χ3v) is 2.74. The topological polar surface area (TPSA) is 43.1 Å². The van der Waals surface area contributed by atoms with Gasteiger partial charge in [-0.25, -0.2) is 0 Å². The highest BCUT2D eigenvalue weighted by Crippen LogP contribution is 2.30. The smallest absolute Gasteiger partial charge is 0.258 e. The number of nitrogens with zero attached hydrogens (tertiary/aromatic N) is 1. The van der Waals surface area contributed by atoms with Gasteiger partial charge in [0.1, 0.15) is 0 Å². The van der Waals surface area contributed by atoms with E-state index in [4.69, 9.17) is 0 Å². The summed E-state index contributed by atoms with van der Waals surface area (Å²) in [7, 11) is 0. The lowest BCUT2D eigenvalue weighted by molar-refractivity contribution is -0.383. The summed E-state index contributed by atoms with van der Waals surface area (Å²) in [6, 6.07) is 10.5. The molecule has 2 aromatic rings. The van der Waals surface area contributed by atoms with Gasteiger partial charge in [-0.2, -0.15) is 0 Å². The van der Waals surface area contributed by atoms with Crippen LogP contribution < -0.4 is 0 Å². The van der Waals surface area contributed by atoms with E-state index in [0.29, 0.717) is 5.39 Å². The van der Waals surface area contributed by atoms with Gasteiger partial charge in [0.25, 0.3) is 5.69 Å². The molecule has 0 heterocycles. The number of nitro benzene ring substituents is 1. The van der Waals surface area contributed by atoms with Gasteiger partial charge in [-0.05, 0) is 12.1 Å². The van der Waals surface area contributed by atoms with Crippen LogP contribution in [0, 0.1) is 10.1 Å². The molecule has 0 aliphatic rings. The number of rotatable bonds is 1. The summed E-state index contributed by atoms with van der Waals surface area (Å²) in [6.45, 7) is 0.